The maximum Gasteiger partial charge on any atom is 0.410 e. The molecule has 0 aromatic rings. The van der Waals surface area contributed by atoms with Crippen LogP contribution in [0.5, 0.6) is 0 Å². The summed E-state index contributed by atoms with van der Waals surface area (Å²) in [6, 6.07) is 0. The summed E-state index contributed by atoms with van der Waals surface area (Å²) in [5, 5.41) is 0.399. The summed E-state index contributed by atoms with van der Waals surface area (Å²) in [6.07, 6.45) is 3.73. The first-order chi connectivity index (χ1) is 12.1. The number of alkyl halides is 1. The van der Waals surface area contributed by atoms with E-state index in [1.165, 1.54) is 24.0 Å². The summed E-state index contributed by atoms with van der Waals surface area (Å²) in [4.78, 5) is 44.5. The van der Waals surface area contributed by atoms with Gasteiger partial charge in [-0.3, -0.25) is 30.8 Å². The van der Waals surface area contributed by atoms with Crippen molar-refractivity contribution in [2.24, 2.45) is 11.5 Å². The third-order valence-electron chi connectivity index (χ3n) is 2.66. The Kier molecular flexibility index (Phi) is 12.1. The number of carbonyl (C=O) groups excluding carboxylic acids is 4. The van der Waals surface area contributed by atoms with Gasteiger partial charge < -0.3 is 14.6 Å². The van der Waals surface area contributed by atoms with Crippen LogP contribution in [0.15, 0.2) is 12.2 Å². The van der Waals surface area contributed by atoms with Gasteiger partial charge in [0, 0.05) is 32.2 Å². The van der Waals surface area contributed by atoms with Crippen molar-refractivity contribution < 1.29 is 28.4 Å². The molecule has 1 atom stereocenters. The quantitative estimate of drug-likeness (QED) is 0.128. The Hall–Kier alpha value is -1.45. The Morgan fingerprint density at radius 2 is 1.81 bits per heavy atom. The molecule has 0 aromatic heterocycles. The summed E-state index contributed by atoms with van der Waals surface area (Å²) >= 11 is 10.3. The zero-order valence-electron chi connectivity index (χ0n) is 14.0. The minimum Gasteiger partial charge on any atom is -0.431 e. The van der Waals surface area contributed by atoms with Gasteiger partial charge in [-0.05, 0) is 30.9 Å². The molecule has 0 aliphatic carbocycles. The summed E-state index contributed by atoms with van der Waals surface area (Å²) < 4.78 is 8.61. The van der Waals surface area contributed by atoms with Gasteiger partial charge in [-0.15, -0.1) is 0 Å². The Morgan fingerprint density at radius 1 is 1.23 bits per heavy atom. The van der Waals surface area contributed by atoms with Gasteiger partial charge in [0.1, 0.15) is 0 Å². The third kappa shape index (κ3) is 12.8. The van der Waals surface area contributed by atoms with Crippen LogP contribution in [0.2, 0.25) is 0 Å². The predicted octanol–water partition coefficient (Wildman–Crippen LogP) is 0.872. The van der Waals surface area contributed by atoms with Crippen LogP contribution in [0.3, 0.4) is 0 Å². The van der Waals surface area contributed by atoms with Crippen molar-refractivity contribution in [1.82, 2.24) is 10.2 Å². The van der Waals surface area contributed by atoms with E-state index in [1.54, 1.807) is 0 Å². The van der Waals surface area contributed by atoms with Crippen molar-refractivity contribution in [3.63, 3.8) is 0 Å². The highest BCUT2D eigenvalue weighted by Gasteiger charge is 2.22. The topological polar surface area (TPSA) is 154 Å². The van der Waals surface area contributed by atoms with E-state index in [4.69, 9.17) is 34.3 Å². The van der Waals surface area contributed by atoms with Crippen LogP contribution >= 0.6 is 31.0 Å². The van der Waals surface area contributed by atoms with E-state index in [2.05, 4.69) is 14.6 Å². The Labute approximate surface area is 162 Å². The zero-order chi connectivity index (χ0) is 20.2. The van der Waals surface area contributed by atoms with Crippen molar-refractivity contribution in [2.45, 2.75) is 31.5 Å². The summed E-state index contributed by atoms with van der Waals surface area (Å²) in [5.41, 5.74) is 10.1. The third-order valence-corrected chi connectivity index (χ3v) is 3.33. The van der Waals surface area contributed by atoms with E-state index in [-0.39, 0.29) is 25.9 Å². The Morgan fingerprint density at radius 3 is 2.23 bits per heavy atom. The van der Waals surface area contributed by atoms with Crippen LogP contribution in [0, 0.1) is 0 Å². The number of imide groups is 1. The number of halogens is 2. The number of ether oxygens (including phenoxy) is 1. The lowest BCUT2D eigenvalue weighted by atomic mass is 10.2. The lowest BCUT2D eigenvalue weighted by Gasteiger charge is -2.16. The van der Waals surface area contributed by atoms with Gasteiger partial charge in [-0.25, -0.2) is 4.79 Å². The first-order valence-electron chi connectivity index (χ1n) is 7.37. The van der Waals surface area contributed by atoms with Crippen LogP contribution in [0.1, 0.15) is 26.2 Å². The lowest BCUT2D eigenvalue weighted by Crippen LogP contribution is -2.49. The molecule has 0 radical (unpaired) electrons. The number of hydrogen-bond donors (Lipinski definition) is 3. The monoisotopic (exact) mass is 430 g/mol. The second-order valence-electron chi connectivity index (χ2n) is 4.91. The summed E-state index contributed by atoms with van der Waals surface area (Å²) in [5.74, 6) is -0.912. The minimum atomic E-state index is -2.02. The lowest BCUT2D eigenvalue weighted by molar-refractivity contribution is -0.137. The molecule has 26 heavy (non-hydrogen) atoms. The number of unbranched alkanes of at least 4 members (excludes halogenated alkanes) is 2. The number of nitrogens with zero attached hydrogens (tertiary/aromatic N) is 1. The van der Waals surface area contributed by atoms with Crippen LogP contribution in [0.25, 0.3) is 0 Å². The van der Waals surface area contributed by atoms with Crippen LogP contribution in [-0.4, -0.2) is 47.2 Å². The maximum atomic E-state index is 11.2. The molecule has 13 heteroatoms. The normalized spacial score (nSPS) is 13.7. The van der Waals surface area contributed by atoms with Gasteiger partial charge in [0.15, 0.2) is 8.16 Å². The second-order valence-corrected chi connectivity index (χ2v) is 6.32. The van der Waals surface area contributed by atoms with Crippen molar-refractivity contribution >= 4 is 54.9 Å². The average Bonchev–Trinajstić information content (AvgIpc) is 2.81. The Bertz CT molecular complexity index is 523. The van der Waals surface area contributed by atoms with Gasteiger partial charge in [0.2, 0.25) is 0 Å². The molecule has 0 spiro atoms. The number of nitrogens with two attached hydrogens (primary N) is 2. The number of hydrogen-bond acceptors (Lipinski definition) is 8. The van der Waals surface area contributed by atoms with Crippen LogP contribution < -0.4 is 16.8 Å². The number of carbonyl (C=O) groups is 4. The fourth-order valence-corrected chi connectivity index (χ4v) is 2.15. The standard InChI is InChI=1S/C11H17ClN4O4.C2H4ClO2P/c12-11(13,14)20-10(19)15-6-2-1-3-7-16-8(17)4-5-9(16)18;1-2(4)5-6-3/h4-5H,1-3,6-7,13-14H2,(H,15,19);6H,1H3. The highest BCUT2D eigenvalue weighted by Crippen LogP contribution is 2.16. The SMILES string of the molecule is CC(=O)OPCl.NC(N)(Cl)OC(=O)NCCCCCN1C(=O)C=CC1=O. The zero-order valence-corrected chi connectivity index (χ0v) is 16.5. The molecule has 0 saturated carbocycles. The van der Waals surface area contributed by atoms with Crippen molar-refractivity contribution in [3.05, 3.63) is 12.2 Å². The second kappa shape index (κ2) is 12.8. The van der Waals surface area contributed by atoms with Crippen LogP contribution in [-0.2, 0) is 23.6 Å². The molecule has 0 saturated heterocycles. The number of nitrogens with one attached hydrogen (secondary N) is 1. The van der Waals surface area contributed by atoms with E-state index >= 15 is 0 Å². The van der Waals surface area contributed by atoms with Crippen molar-refractivity contribution in [3.8, 4) is 0 Å². The summed E-state index contributed by atoms with van der Waals surface area (Å²) in [7, 11) is -0.239. The maximum absolute atomic E-state index is 11.2. The molecule has 1 rings (SSSR count). The molecule has 0 bridgehead atoms. The molecule has 1 aliphatic heterocycles. The van der Waals surface area contributed by atoms with Gasteiger partial charge in [-0.2, -0.15) is 0 Å². The van der Waals surface area contributed by atoms with Crippen molar-refractivity contribution in [2.75, 3.05) is 13.1 Å². The molecule has 0 fully saturated rings. The first kappa shape index (κ1) is 24.6. The van der Waals surface area contributed by atoms with Crippen molar-refractivity contribution in [1.29, 1.82) is 0 Å². The average molecular weight is 431 g/mol. The molecule has 148 valence electrons. The fraction of sp³-hybridized carbons (Fsp3) is 0.538. The fourth-order valence-electron chi connectivity index (χ4n) is 1.65. The molecule has 10 nitrogen and oxygen atoms in total. The number of rotatable bonds is 8. The van der Waals surface area contributed by atoms with E-state index in [1.807, 2.05) is 0 Å². The molecule has 1 unspecified atom stereocenters. The number of amides is 3. The van der Waals surface area contributed by atoms with Gasteiger partial charge >= 0.3 is 12.1 Å². The minimum absolute atomic E-state index is 0.239. The molecule has 1 heterocycles. The van der Waals surface area contributed by atoms with Gasteiger partial charge in [0.05, 0.1) is 0 Å². The highest BCUT2D eigenvalue weighted by molar-refractivity contribution is 7.64. The van der Waals surface area contributed by atoms with E-state index in [0.717, 1.165) is 6.42 Å². The van der Waals surface area contributed by atoms with E-state index < -0.39 is 11.4 Å². The molecular weight excluding hydrogens is 410 g/mol. The molecule has 3 amide bonds. The van der Waals surface area contributed by atoms with Crippen LogP contribution in [0.4, 0.5) is 4.79 Å². The first-order valence-corrected chi connectivity index (χ1v) is 9.66. The highest BCUT2D eigenvalue weighted by atomic mass is 35.7. The molecule has 5 N–H and O–H groups in total. The van der Waals surface area contributed by atoms with Gasteiger partial charge in [0.25, 0.3) is 17.1 Å². The molecule has 1 aliphatic rings. The molecule has 0 aromatic carbocycles. The summed E-state index contributed by atoms with van der Waals surface area (Å²) in [6.45, 7) is 2.03. The largest absolute Gasteiger partial charge is 0.431 e. The Balaban J connectivity index is 0.000000896. The predicted molar refractivity (Wildman–Crippen MR) is 97.1 cm³/mol. The smallest absolute Gasteiger partial charge is 0.410 e. The van der Waals surface area contributed by atoms with E-state index in [0.29, 0.717) is 25.9 Å². The van der Waals surface area contributed by atoms with E-state index in [9.17, 15) is 19.2 Å². The number of alkyl carbamates (subject to hydrolysis) is 1. The molecular formula is C13H21Cl2N4O6P. The van der Waals surface area contributed by atoms with Gasteiger partial charge in [-0.1, -0.05) is 11.2 Å².